The van der Waals surface area contributed by atoms with Crippen LogP contribution in [0.15, 0.2) is 0 Å². The normalized spacial score (nSPS) is 30.7. The molecule has 0 N–H and O–H groups in total. The Labute approximate surface area is 83.5 Å². The van der Waals surface area contributed by atoms with E-state index in [1.54, 1.807) is 0 Å². The molecule has 1 rings (SSSR count). The second-order valence-electron chi connectivity index (χ2n) is 4.90. The van der Waals surface area contributed by atoms with Crippen LogP contribution in [0, 0.1) is 5.41 Å². The molecule has 1 aliphatic heterocycles. The second kappa shape index (κ2) is 4.99. The zero-order valence-corrected chi connectivity index (χ0v) is 9.60. The fraction of sp³-hybridized carbons (Fsp3) is 1.00. The molecule has 1 heteroatoms. The minimum Gasteiger partial charge on any atom is -0.303 e. The molecule has 1 nitrogen and oxygen atoms in total. The van der Waals surface area contributed by atoms with E-state index in [9.17, 15) is 0 Å². The van der Waals surface area contributed by atoms with Gasteiger partial charge in [-0.05, 0) is 44.2 Å². The van der Waals surface area contributed by atoms with Crippen LogP contribution >= 0.6 is 0 Å². The Hall–Kier alpha value is -0.0400. The van der Waals surface area contributed by atoms with Crippen molar-refractivity contribution in [3.63, 3.8) is 0 Å². The van der Waals surface area contributed by atoms with Crippen molar-refractivity contribution in [1.29, 1.82) is 0 Å². The van der Waals surface area contributed by atoms with Crippen LogP contribution in [-0.2, 0) is 0 Å². The summed E-state index contributed by atoms with van der Waals surface area (Å²) in [5.41, 5.74) is 0.617. The highest BCUT2D eigenvalue weighted by Gasteiger charge is 2.28. The number of hydrogen-bond donors (Lipinski definition) is 0. The molecule has 1 unspecified atom stereocenters. The number of nitrogens with zero attached hydrogens (tertiary/aromatic N) is 1. The van der Waals surface area contributed by atoms with Crippen molar-refractivity contribution in [3.05, 3.63) is 0 Å². The van der Waals surface area contributed by atoms with Crippen LogP contribution in [0.3, 0.4) is 0 Å². The Morgan fingerprint density at radius 1 is 1.31 bits per heavy atom. The fourth-order valence-electron chi connectivity index (χ4n) is 2.29. The predicted molar refractivity (Wildman–Crippen MR) is 59.0 cm³/mol. The van der Waals surface area contributed by atoms with E-state index in [0.717, 1.165) is 0 Å². The zero-order valence-electron chi connectivity index (χ0n) is 9.60. The van der Waals surface area contributed by atoms with Gasteiger partial charge in [0.05, 0.1) is 0 Å². The van der Waals surface area contributed by atoms with E-state index in [1.807, 2.05) is 0 Å². The van der Waals surface area contributed by atoms with Gasteiger partial charge in [-0.3, -0.25) is 0 Å². The highest BCUT2D eigenvalue weighted by Crippen LogP contribution is 2.32. The van der Waals surface area contributed by atoms with Gasteiger partial charge in [-0.1, -0.05) is 27.2 Å². The molecular weight excluding hydrogens is 158 g/mol. The van der Waals surface area contributed by atoms with Crippen molar-refractivity contribution in [3.8, 4) is 0 Å². The molecule has 0 spiro atoms. The summed E-state index contributed by atoms with van der Waals surface area (Å²) in [5.74, 6) is 0. The molecule has 0 bridgehead atoms. The van der Waals surface area contributed by atoms with E-state index in [2.05, 4.69) is 25.7 Å². The monoisotopic (exact) mass is 183 g/mol. The molecule has 1 atom stereocenters. The lowest BCUT2D eigenvalue weighted by atomic mass is 9.79. The van der Waals surface area contributed by atoms with Gasteiger partial charge < -0.3 is 4.90 Å². The second-order valence-corrected chi connectivity index (χ2v) is 4.90. The van der Waals surface area contributed by atoms with Crippen LogP contribution < -0.4 is 0 Å². The zero-order chi connectivity index (χ0) is 9.73. The molecule has 0 aromatic heterocycles. The molecule has 1 aliphatic rings. The molecule has 0 radical (unpaired) electrons. The Morgan fingerprint density at radius 3 is 2.69 bits per heavy atom. The molecular formula is C12H25N. The van der Waals surface area contributed by atoms with E-state index in [1.165, 1.54) is 51.7 Å². The van der Waals surface area contributed by atoms with Crippen LogP contribution in [0.1, 0.15) is 52.9 Å². The molecule has 78 valence electrons. The maximum atomic E-state index is 2.66. The largest absolute Gasteiger partial charge is 0.303 e. The standard InChI is InChI=1S/C12H25N/c1-4-6-9-13-10-7-8-12(3,5-2)11-13/h4-11H2,1-3H3. The van der Waals surface area contributed by atoms with Gasteiger partial charge in [-0.2, -0.15) is 0 Å². The summed E-state index contributed by atoms with van der Waals surface area (Å²) in [5, 5.41) is 0. The number of rotatable bonds is 4. The van der Waals surface area contributed by atoms with E-state index in [-0.39, 0.29) is 0 Å². The highest BCUT2D eigenvalue weighted by molar-refractivity contribution is 4.82. The van der Waals surface area contributed by atoms with Crippen LogP contribution in [0.4, 0.5) is 0 Å². The van der Waals surface area contributed by atoms with Crippen molar-refractivity contribution in [2.45, 2.75) is 52.9 Å². The van der Waals surface area contributed by atoms with Gasteiger partial charge in [0, 0.05) is 6.54 Å². The Kier molecular flexibility index (Phi) is 4.24. The minimum absolute atomic E-state index is 0.617. The van der Waals surface area contributed by atoms with Crippen molar-refractivity contribution < 1.29 is 0 Å². The topological polar surface area (TPSA) is 3.24 Å². The first kappa shape index (κ1) is 11.0. The lowest BCUT2D eigenvalue weighted by Crippen LogP contribution is -2.41. The maximum absolute atomic E-state index is 2.66. The van der Waals surface area contributed by atoms with E-state index < -0.39 is 0 Å². The first-order valence-corrected chi connectivity index (χ1v) is 5.92. The van der Waals surface area contributed by atoms with Crippen LogP contribution in [0.2, 0.25) is 0 Å². The molecule has 13 heavy (non-hydrogen) atoms. The minimum atomic E-state index is 0.617. The molecule has 1 saturated heterocycles. The number of unbranched alkanes of at least 4 members (excludes halogenated alkanes) is 1. The highest BCUT2D eigenvalue weighted by atomic mass is 15.1. The van der Waals surface area contributed by atoms with Gasteiger partial charge >= 0.3 is 0 Å². The third-order valence-electron chi connectivity index (χ3n) is 3.54. The average molecular weight is 183 g/mol. The predicted octanol–water partition coefficient (Wildman–Crippen LogP) is 3.30. The summed E-state index contributed by atoms with van der Waals surface area (Å²) in [4.78, 5) is 2.66. The summed E-state index contributed by atoms with van der Waals surface area (Å²) in [6.07, 6.45) is 6.90. The Bertz CT molecular complexity index is 144. The summed E-state index contributed by atoms with van der Waals surface area (Å²) in [6, 6.07) is 0. The lowest BCUT2D eigenvalue weighted by Gasteiger charge is -2.40. The van der Waals surface area contributed by atoms with E-state index >= 15 is 0 Å². The van der Waals surface area contributed by atoms with Gasteiger partial charge in [0.15, 0.2) is 0 Å². The third-order valence-corrected chi connectivity index (χ3v) is 3.54. The SMILES string of the molecule is CCCCN1CCCC(C)(CC)C1. The lowest BCUT2D eigenvalue weighted by molar-refractivity contribution is 0.0983. The molecule has 0 aromatic carbocycles. The number of hydrogen-bond acceptors (Lipinski definition) is 1. The third kappa shape index (κ3) is 3.30. The van der Waals surface area contributed by atoms with Crippen molar-refractivity contribution in [2.24, 2.45) is 5.41 Å². The van der Waals surface area contributed by atoms with Crippen molar-refractivity contribution in [1.82, 2.24) is 4.90 Å². The van der Waals surface area contributed by atoms with Crippen molar-refractivity contribution in [2.75, 3.05) is 19.6 Å². The molecule has 0 amide bonds. The average Bonchev–Trinajstić information content (AvgIpc) is 2.15. The molecule has 1 fully saturated rings. The summed E-state index contributed by atoms with van der Waals surface area (Å²) < 4.78 is 0. The van der Waals surface area contributed by atoms with Crippen LogP contribution in [0.5, 0.6) is 0 Å². The molecule has 0 saturated carbocycles. The molecule has 1 heterocycles. The van der Waals surface area contributed by atoms with Crippen molar-refractivity contribution >= 4 is 0 Å². The quantitative estimate of drug-likeness (QED) is 0.646. The number of piperidine rings is 1. The smallest absolute Gasteiger partial charge is 0.00352 e. The summed E-state index contributed by atoms with van der Waals surface area (Å²) in [7, 11) is 0. The van der Waals surface area contributed by atoms with Gasteiger partial charge in [0.2, 0.25) is 0 Å². The summed E-state index contributed by atoms with van der Waals surface area (Å²) in [6.45, 7) is 11.1. The van der Waals surface area contributed by atoms with Crippen LogP contribution in [0.25, 0.3) is 0 Å². The van der Waals surface area contributed by atoms with Gasteiger partial charge in [0.1, 0.15) is 0 Å². The fourth-order valence-corrected chi connectivity index (χ4v) is 2.29. The Morgan fingerprint density at radius 2 is 2.08 bits per heavy atom. The van der Waals surface area contributed by atoms with Gasteiger partial charge in [-0.25, -0.2) is 0 Å². The van der Waals surface area contributed by atoms with Crippen LogP contribution in [-0.4, -0.2) is 24.5 Å². The van der Waals surface area contributed by atoms with E-state index in [0.29, 0.717) is 5.41 Å². The first-order valence-electron chi connectivity index (χ1n) is 5.92. The molecule has 0 aromatic rings. The van der Waals surface area contributed by atoms with Gasteiger partial charge in [0.25, 0.3) is 0 Å². The Balaban J connectivity index is 2.33. The maximum Gasteiger partial charge on any atom is 0.00352 e. The first-order chi connectivity index (χ1) is 6.20. The molecule has 0 aliphatic carbocycles. The summed E-state index contributed by atoms with van der Waals surface area (Å²) >= 11 is 0. The van der Waals surface area contributed by atoms with Gasteiger partial charge in [-0.15, -0.1) is 0 Å². The number of likely N-dealkylation sites (tertiary alicyclic amines) is 1. The van der Waals surface area contributed by atoms with E-state index in [4.69, 9.17) is 0 Å².